The van der Waals surface area contributed by atoms with Gasteiger partial charge in [0.15, 0.2) is 0 Å². The van der Waals surface area contributed by atoms with Crippen LogP contribution in [0.25, 0.3) is 0 Å². The second-order valence-electron chi connectivity index (χ2n) is 2.33. The normalized spacial score (nSPS) is 10.0. The SMILES string of the molecule is CCc1cn(C)c(C(=O)O)n1. The van der Waals surface area contributed by atoms with Crippen molar-refractivity contribution in [2.45, 2.75) is 13.3 Å². The van der Waals surface area contributed by atoms with Crippen molar-refractivity contribution in [3.63, 3.8) is 0 Å². The van der Waals surface area contributed by atoms with Crippen molar-refractivity contribution in [2.75, 3.05) is 0 Å². The number of hydrogen-bond acceptors (Lipinski definition) is 2. The lowest BCUT2D eigenvalue weighted by molar-refractivity contribution is 0.0679. The van der Waals surface area contributed by atoms with Gasteiger partial charge in [-0.15, -0.1) is 0 Å². The molecule has 1 aromatic rings. The summed E-state index contributed by atoms with van der Waals surface area (Å²) < 4.78 is 1.52. The number of hydrogen-bond donors (Lipinski definition) is 1. The lowest BCUT2D eigenvalue weighted by atomic mass is 10.4. The number of rotatable bonds is 2. The molecule has 4 heteroatoms. The van der Waals surface area contributed by atoms with E-state index in [1.807, 2.05) is 6.92 Å². The van der Waals surface area contributed by atoms with E-state index in [2.05, 4.69) is 4.98 Å². The fourth-order valence-corrected chi connectivity index (χ4v) is 0.897. The van der Waals surface area contributed by atoms with Crippen LogP contribution >= 0.6 is 0 Å². The Morgan fingerprint density at radius 2 is 2.45 bits per heavy atom. The maximum atomic E-state index is 10.5. The molecule has 0 saturated heterocycles. The second-order valence-corrected chi connectivity index (χ2v) is 2.33. The molecule has 0 atom stereocenters. The summed E-state index contributed by atoms with van der Waals surface area (Å²) in [6.07, 6.45) is 2.49. The number of aromatic nitrogens is 2. The summed E-state index contributed by atoms with van der Waals surface area (Å²) >= 11 is 0. The number of carboxylic acid groups (broad SMARTS) is 1. The Morgan fingerprint density at radius 3 is 2.73 bits per heavy atom. The van der Waals surface area contributed by atoms with Crippen LogP contribution in [0.1, 0.15) is 23.2 Å². The molecule has 0 radical (unpaired) electrons. The Hall–Kier alpha value is -1.32. The van der Waals surface area contributed by atoms with Gasteiger partial charge in [-0.25, -0.2) is 9.78 Å². The lowest BCUT2D eigenvalue weighted by Gasteiger charge is -1.90. The summed E-state index contributed by atoms with van der Waals surface area (Å²) in [5.74, 6) is -0.881. The smallest absolute Gasteiger partial charge is 0.372 e. The number of carboxylic acids is 1. The molecule has 0 aliphatic rings. The van der Waals surface area contributed by atoms with Crippen LogP contribution in [0, 0.1) is 0 Å². The Bertz CT molecular complexity index is 278. The zero-order valence-corrected chi connectivity index (χ0v) is 6.53. The van der Waals surface area contributed by atoms with Gasteiger partial charge in [-0.2, -0.15) is 0 Å². The van der Waals surface area contributed by atoms with Gasteiger partial charge in [0.25, 0.3) is 0 Å². The van der Waals surface area contributed by atoms with Crippen molar-refractivity contribution in [1.29, 1.82) is 0 Å². The van der Waals surface area contributed by atoms with E-state index in [0.717, 1.165) is 12.1 Å². The van der Waals surface area contributed by atoms with E-state index in [1.165, 1.54) is 4.57 Å². The fraction of sp³-hybridized carbons (Fsp3) is 0.429. The Labute approximate surface area is 64.5 Å². The fourth-order valence-electron chi connectivity index (χ4n) is 0.897. The van der Waals surface area contributed by atoms with Gasteiger partial charge in [0, 0.05) is 13.2 Å². The zero-order chi connectivity index (χ0) is 8.43. The molecule has 1 N–H and O–H groups in total. The molecule has 1 rings (SSSR count). The Morgan fingerprint density at radius 1 is 1.82 bits per heavy atom. The van der Waals surface area contributed by atoms with E-state index in [1.54, 1.807) is 13.2 Å². The Kier molecular flexibility index (Phi) is 1.94. The molecule has 1 aromatic heterocycles. The van der Waals surface area contributed by atoms with E-state index in [-0.39, 0.29) is 5.82 Å². The molecule has 0 aliphatic carbocycles. The van der Waals surface area contributed by atoms with Gasteiger partial charge in [0.05, 0.1) is 5.69 Å². The highest BCUT2D eigenvalue weighted by Crippen LogP contribution is 2.01. The first-order valence-electron chi connectivity index (χ1n) is 3.40. The van der Waals surface area contributed by atoms with Crippen LogP contribution in [-0.2, 0) is 13.5 Å². The molecule has 1 heterocycles. The molecule has 4 nitrogen and oxygen atoms in total. The molecule has 0 spiro atoms. The van der Waals surface area contributed by atoms with Crippen LogP contribution in [0.5, 0.6) is 0 Å². The van der Waals surface area contributed by atoms with Crippen LogP contribution in [0.3, 0.4) is 0 Å². The monoisotopic (exact) mass is 154 g/mol. The zero-order valence-electron chi connectivity index (χ0n) is 6.53. The van der Waals surface area contributed by atoms with Gasteiger partial charge in [-0.1, -0.05) is 6.92 Å². The van der Waals surface area contributed by atoms with Gasteiger partial charge in [-0.3, -0.25) is 0 Å². The van der Waals surface area contributed by atoms with Crippen molar-refractivity contribution < 1.29 is 9.90 Å². The highest BCUT2D eigenvalue weighted by atomic mass is 16.4. The third kappa shape index (κ3) is 1.39. The van der Waals surface area contributed by atoms with Crippen molar-refractivity contribution in [1.82, 2.24) is 9.55 Å². The first-order chi connectivity index (χ1) is 5.15. The summed E-state index contributed by atoms with van der Waals surface area (Å²) in [6.45, 7) is 1.94. The predicted molar refractivity (Wildman–Crippen MR) is 39.5 cm³/mol. The molecule has 0 fully saturated rings. The summed E-state index contributed by atoms with van der Waals surface area (Å²) in [5, 5.41) is 8.59. The van der Waals surface area contributed by atoms with Crippen LogP contribution in [0.4, 0.5) is 0 Å². The van der Waals surface area contributed by atoms with E-state index in [9.17, 15) is 4.79 Å². The van der Waals surface area contributed by atoms with Crippen LogP contribution in [0.15, 0.2) is 6.20 Å². The van der Waals surface area contributed by atoms with Gasteiger partial charge in [-0.05, 0) is 6.42 Å². The van der Waals surface area contributed by atoms with E-state index in [0.29, 0.717) is 0 Å². The van der Waals surface area contributed by atoms with Gasteiger partial charge in [0.1, 0.15) is 0 Å². The minimum atomic E-state index is -0.979. The predicted octanol–water partition coefficient (Wildman–Crippen LogP) is 0.681. The molecule has 0 amide bonds. The minimum Gasteiger partial charge on any atom is -0.475 e. The molecular weight excluding hydrogens is 144 g/mol. The first-order valence-corrected chi connectivity index (χ1v) is 3.40. The summed E-state index contributed by atoms with van der Waals surface area (Å²) in [7, 11) is 1.68. The van der Waals surface area contributed by atoms with Crippen LogP contribution in [-0.4, -0.2) is 20.6 Å². The average Bonchev–Trinajstić information content (AvgIpc) is 2.30. The molecule has 0 saturated carbocycles. The number of nitrogens with zero attached hydrogens (tertiary/aromatic N) is 2. The highest BCUT2D eigenvalue weighted by Gasteiger charge is 2.10. The molecule has 60 valence electrons. The van der Waals surface area contributed by atoms with Crippen molar-refractivity contribution in [3.8, 4) is 0 Å². The third-order valence-corrected chi connectivity index (χ3v) is 1.48. The Balaban J connectivity index is 3.07. The van der Waals surface area contributed by atoms with Gasteiger partial charge >= 0.3 is 5.97 Å². The lowest BCUT2D eigenvalue weighted by Crippen LogP contribution is -2.05. The average molecular weight is 154 g/mol. The van der Waals surface area contributed by atoms with Crippen molar-refractivity contribution >= 4 is 5.97 Å². The van der Waals surface area contributed by atoms with E-state index < -0.39 is 5.97 Å². The summed E-state index contributed by atoms with van der Waals surface area (Å²) in [6, 6.07) is 0. The second kappa shape index (κ2) is 2.74. The molecule has 0 unspecified atom stereocenters. The largest absolute Gasteiger partial charge is 0.475 e. The molecule has 0 aliphatic heterocycles. The number of aryl methyl sites for hydroxylation is 2. The molecule has 0 aromatic carbocycles. The maximum absolute atomic E-state index is 10.5. The van der Waals surface area contributed by atoms with Crippen LogP contribution < -0.4 is 0 Å². The number of imidazole rings is 1. The van der Waals surface area contributed by atoms with Gasteiger partial charge in [0.2, 0.25) is 5.82 Å². The minimum absolute atomic E-state index is 0.0989. The number of carbonyl (C=O) groups is 1. The molecule has 0 bridgehead atoms. The number of aromatic carboxylic acids is 1. The molecule has 11 heavy (non-hydrogen) atoms. The van der Waals surface area contributed by atoms with E-state index >= 15 is 0 Å². The quantitative estimate of drug-likeness (QED) is 0.681. The standard InChI is InChI=1S/C7H10N2O2/c1-3-5-4-9(2)6(8-5)7(10)11/h4H,3H2,1-2H3,(H,10,11). The first kappa shape index (κ1) is 7.78. The maximum Gasteiger partial charge on any atom is 0.372 e. The van der Waals surface area contributed by atoms with E-state index in [4.69, 9.17) is 5.11 Å². The van der Waals surface area contributed by atoms with Crippen molar-refractivity contribution in [3.05, 3.63) is 17.7 Å². The van der Waals surface area contributed by atoms with Crippen molar-refractivity contribution in [2.24, 2.45) is 7.05 Å². The third-order valence-electron chi connectivity index (χ3n) is 1.48. The molecular formula is C7H10N2O2. The van der Waals surface area contributed by atoms with Gasteiger partial charge < -0.3 is 9.67 Å². The van der Waals surface area contributed by atoms with Crippen LogP contribution in [0.2, 0.25) is 0 Å². The topological polar surface area (TPSA) is 55.1 Å². The summed E-state index contributed by atoms with van der Waals surface area (Å²) in [4.78, 5) is 14.4. The summed E-state index contributed by atoms with van der Waals surface area (Å²) in [5.41, 5.74) is 0.810. The highest BCUT2D eigenvalue weighted by molar-refractivity contribution is 5.83.